The van der Waals surface area contributed by atoms with Crippen LogP contribution in [0.3, 0.4) is 0 Å². The zero-order chi connectivity index (χ0) is 11.4. The van der Waals surface area contributed by atoms with Crippen LogP contribution in [0.15, 0.2) is 0 Å². The first-order valence-corrected chi connectivity index (χ1v) is 6.10. The van der Waals surface area contributed by atoms with Crippen molar-refractivity contribution in [3.05, 3.63) is 11.4 Å². The van der Waals surface area contributed by atoms with Gasteiger partial charge in [0, 0.05) is 25.6 Å². The van der Waals surface area contributed by atoms with Crippen LogP contribution in [0, 0.1) is 0 Å². The van der Waals surface area contributed by atoms with Crippen LogP contribution in [-0.4, -0.2) is 26.7 Å². The molecule has 1 saturated carbocycles. The highest BCUT2D eigenvalue weighted by atomic mass is 16.2. The summed E-state index contributed by atoms with van der Waals surface area (Å²) in [7, 11) is 0. The molecule has 0 atom stereocenters. The Kier molecular flexibility index (Phi) is 3.90. The first kappa shape index (κ1) is 11.5. The molecule has 1 heterocycles. The van der Waals surface area contributed by atoms with E-state index in [2.05, 4.69) is 10.3 Å². The van der Waals surface area contributed by atoms with Crippen molar-refractivity contribution in [2.24, 2.45) is 5.73 Å². The second-order valence-corrected chi connectivity index (χ2v) is 4.41. The third-order valence-electron chi connectivity index (χ3n) is 3.31. The molecule has 0 saturated heterocycles. The van der Waals surface area contributed by atoms with E-state index >= 15 is 0 Å². The van der Waals surface area contributed by atoms with E-state index < -0.39 is 0 Å². The molecule has 0 aliphatic heterocycles. The zero-order valence-corrected chi connectivity index (χ0v) is 9.60. The molecule has 1 aliphatic rings. The van der Waals surface area contributed by atoms with Gasteiger partial charge < -0.3 is 10.8 Å². The van der Waals surface area contributed by atoms with E-state index in [1.54, 1.807) is 0 Å². The fraction of sp³-hybridized carbons (Fsp3) is 0.818. The Morgan fingerprint density at radius 3 is 2.75 bits per heavy atom. The predicted octanol–water partition coefficient (Wildman–Crippen LogP) is 0.777. The van der Waals surface area contributed by atoms with Crippen LogP contribution >= 0.6 is 0 Å². The van der Waals surface area contributed by atoms with E-state index in [-0.39, 0.29) is 6.61 Å². The average molecular weight is 224 g/mol. The summed E-state index contributed by atoms with van der Waals surface area (Å²) in [6, 6.07) is 0. The quantitative estimate of drug-likeness (QED) is 0.700. The van der Waals surface area contributed by atoms with Gasteiger partial charge in [0.25, 0.3) is 0 Å². The smallest absolute Gasteiger partial charge is 0.0997 e. The number of hydrogen-bond donors (Lipinski definition) is 2. The van der Waals surface area contributed by atoms with Gasteiger partial charge in [-0.1, -0.05) is 11.6 Å². The van der Waals surface area contributed by atoms with Gasteiger partial charge >= 0.3 is 0 Å². The number of unbranched alkanes of at least 4 members (excludes halogenated alkanes) is 1. The summed E-state index contributed by atoms with van der Waals surface area (Å²) in [5.74, 6) is 0.614. The molecule has 0 spiro atoms. The molecule has 1 aromatic rings. The molecule has 0 amide bonds. The van der Waals surface area contributed by atoms with Crippen LogP contribution in [0.2, 0.25) is 0 Å². The van der Waals surface area contributed by atoms with E-state index in [0.717, 1.165) is 25.1 Å². The summed E-state index contributed by atoms with van der Waals surface area (Å²) in [5.41, 5.74) is 7.87. The summed E-state index contributed by atoms with van der Waals surface area (Å²) in [6.07, 6.45) is 5.54. The number of aliphatic hydroxyl groups is 1. The molecule has 1 aliphatic carbocycles. The Bertz CT molecular complexity index is 333. The summed E-state index contributed by atoms with van der Waals surface area (Å²) in [6.45, 7) is 1.57. The molecular formula is C11H20N4O. The molecule has 90 valence electrons. The molecule has 16 heavy (non-hydrogen) atoms. The lowest BCUT2D eigenvalue weighted by Crippen LogP contribution is -2.18. The van der Waals surface area contributed by atoms with Crippen molar-refractivity contribution in [3.8, 4) is 0 Å². The highest BCUT2D eigenvalue weighted by molar-refractivity contribution is 5.17. The van der Waals surface area contributed by atoms with E-state index in [1.165, 1.54) is 25.0 Å². The van der Waals surface area contributed by atoms with Gasteiger partial charge in [-0.25, -0.2) is 4.68 Å². The second kappa shape index (κ2) is 5.41. The third kappa shape index (κ3) is 2.25. The Hall–Kier alpha value is -0.940. The minimum absolute atomic E-state index is 0.247. The number of aryl methyl sites for hydroxylation is 1. The largest absolute Gasteiger partial charge is 0.396 e. The van der Waals surface area contributed by atoms with E-state index in [4.69, 9.17) is 10.8 Å². The monoisotopic (exact) mass is 224 g/mol. The Morgan fingerprint density at radius 2 is 2.19 bits per heavy atom. The fourth-order valence-electron chi connectivity index (χ4n) is 2.17. The molecule has 0 aromatic carbocycles. The first-order valence-electron chi connectivity index (χ1n) is 6.10. The molecule has 5 nitrogen and oxygen atoms in total. The number of rotatable bonds is 6. The average Bonchev–Trinajstić information content (AvgIpc) is 2.60. The maximum atomic E-state index is 8.77. The lowest BCUT2D eigenvalue weighted by Gasteiger charge is -2.26. The van der Waals surface area contributed by atoms with Crippen LogP contribution in [0.5, 0.6) is 0 Å². The number of aliphatic hydroxyl groups excluding tert-OH is 1. The molecule has 3 N–H and O–H groups in total. The van der Waals surface area contributed by atoms with Gasteiger partial charge in [0.1, 0.15) is 0 Å². The van der Waals surface area contributed by atoms with E-state index in [9.17, 15) is 0 Å². The normalized spacial score (nSPS) is 16.4. The highest BCUT2D eigenvalue weighted by Gasteiger charge is 2.26. The summed E-state index contributed by atoms with van der Waals surface area (Å²) in [4.78, 5) is 0. The van der Waals surface area contributed by atoms with Crippen molar-refractivity contribution in [2.45, 2.75) is 51.1 Å². The molecular weight excluding hydrogens is 204 g/mol. The maximum Gasteiger partial charge on any atom is 0.0997 e. The van der Waals surface area contributed by atoms with Gasteiger partial charge in [0.2, 0.25) is 0 Å². The number of hydrogen-bond acceptors (Lipinski definition) is 4. The second-order valence-electron chi connectivity index (χ2n) is 4.41. The molecule has 5 heteroatoms. The molecule has 0 unspecified atom stereocenters. The Morgan fingerprint density at radius 1 is 1.38 bits per heavy atom. The SMILES string of the molecule is NCc1nnn(CCCCO)c1C1CCC1. The van der Waals surface area contributed by atoms with Gasteiger partial charge in [0.05, 0.1) is 11.4 Å². The zero-order valence-electron chi connectivity index (χ0n) is 9.60. The maximum absolute atomic E-state index is 8.77. The van der Waals surface area contributed by atoms with Crippen LogP contribution in [0.1, 0.15) is 49.4 Å². The predicted molar refractivity (Wildman–Crippen MR) is 60.8 cm³/mol. The fourth-order valence-corrected chi connectivity index (χ4v) is 2.17. The molecule has 0 radical (unpaired) electrons. The van der Waals surface area contributed by atoms with Crippen molar-refractivity contribution in [3.63, 3.8) is 0 Å². The Labute approximate surface area is 95.6 Å². The number of nitrogens with zero attached hydrogens (tertiary/aromatic N) is 3. The third-order valence-corrected chi connectivity index (χ3v) is 3.31. The summed E-state index contributed by atoms with van der Waals surface area (Å²) in [5, 5.41) is 17.1. The van der Waals surface area contributed by atoms with Gasteiger partial charge in [-0.05, 0) is 25.7 Å². The minimum Gasteiger partial charge on any atom is -0.396 e. The van der Waals surface area contributed by atoms with Crippen LogP contribution in [0.4, 0.5) is 0 Å². The number of aromatic nitrogens is 3. The van der Waals surface area contributed by atoms with Crippen LogP contribution in [-0.2, 0) is 13.1 Å². The van der Waals surface area contributed by atoms with Gasteiger partial charge in [-0.2, -0.15) is 0 Å². The van der Waals surface area contributed by atoms with E-state index in [1.807, 2.05) is 4.68 Å². The molecule has 2 rings (SSSR count). The highest BCUT2D eigenvalue weighted by Crippen LogP contribution is 2.37. The van der Waals surface area contributed by atoms with Crippen molar-refractivity contribution in [1.82, 2.24) is 15.0 Å². The van der Waals surface area contributed by atoms with Crippen molar-refractivity contribution in [1.29, 1.82) is 0 Å². The molecule has 0 bridgehead atoms. The van der Waals surface area contributed by atoms with Crippen molar-refractivity contribution < 1.29 is 5.11 Å². The topological polar surface area (TPSA) is 77.0 Å². The lowest BCUT2D eigenvalue weighted by molar-refractivity contribution is 0.278. The van der Waals surface area contributed by atoms with E-state index in [0.29, 0.717) is 12.5 Å². The molecule has 1 fully saturated rings. The summed E-state index contributed by atoms with van der Waals surface area (Å²) >= 11 is 0. The van der Waals surface area contributed by atoms with Crippen molar-refractivity contribution >= 4 is 0 Å². The van der Waals surface area contributed by atoms with Crippen LogP contribution in [0.25, 0.3) is 0 Å². The number of nitrogens with two attached hydrogens (primary N) is 1. The summed E-state index contributed by atoms with van der Waals surface area (Å²) < 4.78 is 1.99. The van der Waals surface area contributed by atoms with Crippen molar-refractivity contribution in [2.75, 3.05) is 6.61 Å². The first-order chi connectivity index (χ1) is 7.86. The standard InChI is InChI=1S/C11H20N4O/c12-8-10-11(9-4-3-5-9)15(14-13-10)6-1-2-7-16/h9,16H,1-8,12H2. The van der Waals surface area contributed by atoms with Gasteiger partial charge in [-0.15, -0.1) is 5.10 Å². The lowest BCUT2D eigenvalue weighted by atomic mass is 9.82. The Balaban J connectivity index is 2.07. The van der Waals surface area contributed by atoms with Crippen LogP contribution < -0.4 is 5.73 Å². The minimum atomic E-state index is 0.247. The van der Waals surface area contributed by atoms with Gasteiger partial charge in [-0.3, -0.25) is 0 Å². The van der Waals surface area contributed by atoms with Gasteiger partial charge in [0.15, 0.2) is 0 Å². The molecule has 1 aromatic heterocycles.